The van der Waals surface area contributed by atoms with Crippen LogP contribution in [0.25, 0.3) is 22.3 Å². The van der Waals surface area contributed by atoms with E-state index in [1.165, 1.54) is 17.7 Å². The van der Waals surface area contributed by atoms with Gasteiger partial charge in [-0.2, -0.15) is 0 Å². The Kier molecular flexibility index (Phi) is 3.52. The molecule has 3 heteroatoms. The van der Waals surface area contributed by atoms with Crippen LogP contribution in [0.3, 0.4) is 0 Å². The van der Waals surface area contributed by atoms with E-state index in [0.717, 1.165) is 29.8 Å². The van der Waals surface area contributed by atoms with E-state index in [2.05, 4.69) is 24.4 Å². The highest BCUT2D eigenvalue weighted by molar-refractivity contribution is 5.82. The molecule has 3 rings (SSSR count). The Bertz CT molecular complexity index is 733. The van der Waals surface area contributed by atoms with Crippen LogP contribution in [0.4, 0.5) is 4.39 Å². The first-order chi connectivity index (χ1) is 9.76. The normalized spacial score (nSPS) is 11.1. The summed E-state index contributed by atoms with van der Waals surface area (Å²) < 4.78 is 19.0. The predicted octanol–water partition coefficient (Wildman–Crippen LogP) is 4.35. The van der Waals surface area contributed by atoms with Crippen LogP contribution in [0.1, 0.15) is 12.5 Å². The molecule has 1 aromatic heterocycles. The van der Waals surface area contributed by atoms with E-state index in [0.29, 0.717) is 5.58 Å². The van der Waals surface area contributed by atoms with Gasteiger partial charge in [0, 0.05) is 17.5 Å². The molecule has 0 unspecified atom stereocenters. The van der Waals surface area contributed by atoms with Crippen LogP contribution in [0.5, 0.6) is 0 Å². The summed E-state index contributed by atoms with van der Waals surface area (Å²) in [5.74, 6) is 0.523. The number of nitrogens with one attached hydrogen (secondary N) is 1. The number of halogens is 1. The Morgan fingerprint density at radius 2 is 2.00 bits per heavy atom. The van der Waals surface area contributed by atoms with Crippen molar-refractivity contribution in [2.75, 3.05) is 6.54 Å². The van der Waals surface area contributed by atoms with Gasteiger partial charge in [-0.3, -0.25) is 0 Å². The van der Waals surface area contributed by atoms with Crippen LogP contribution < -0.4 is 5.32 Å². The summed E-state index contributed by atoms with van der Waals surface area (Å²) in [7, 11) is 0. The lowest BCUT2D eigenvalue weighted by Crippen LogP contribution is -2.11. The zero-order valence-corrected chi connectivity index (χ0v) is 11.3. The fraction of sp³-hybridized carbons (Fsp3) is 0.176. The van der Waals surface area contributed by atoms with Crippen LogP contribution in [-0.4, -0.2) is 6.54 Å². The molecule has 0 saturated carbocycles. The van der Waals surface area contributed by atoms with Crippen molar-refractivity contribution < 1.29 is 8.81 Å². The lowest BCUT2D eigenvalue weighted by molar-refractivity contribution is 0.619. The molecule has 0 radical (unpaired) electrons. The van der Waals surface area contributed by atoms with Gasteiger partial charge in [0.05, 0.1) is 0 Å². The predicted molar refractivity (Wildman–Crippen MR) is 79.0 cm³/mol. The smallest absolute Gasteiger partial charge is 0.135 e. The molecular formula is C17H16FNO. The molecule has 3 aromatic rings. The van der Waals surface area contributed by atoms with Crippen molar-refractivity contribution in [2.24, 2.45) is 0 Å². The number of fused-ring (bicyclic) bond motifs is 1. The van der Waals surface area contributed by atoms with E-state index in [9.17, 15) is 4.39 Å². The molecule has 20 heavy (non-hydrogen) atoms. The number of rotatable bonds is 4. The minimum absolute atomic E-state index is 0.245. The number of furan rings is 1. The zero-order chi connectivity index (χ0) is 13.9. The van der Waals surface area contributed by atoms with Crippen LogP contribution in [0.2, 0.25) is 0 Å². The highest BCUT2D eigenvalue weighted by atomic mass is 19.1. The third-order valence-electron chi connectivity index (χ3n) is 3.27. The van der Waals surface area contributed by atoms with Crippen molar-refractivity contribution >= 4 is 11.0 Å². The van der Waals surface area contributed by atoms with Crippen molar-refractivity contribution in [1.29, 1.82) is 0 Å². The quantitative estimate of drug-likeness (QED) is 0.761. The van der Waals surface area contributed by atoms with E-state index in [4.69, 9.17) is 4.42 Å². The van der Waals surface area contributed by atoms with Gasteiger partial charge in [-0.05, 0) is 42.4 Å². The highest BCUT2D eigenvalue weighted by Crippen LogP contribution is 2.28. The topological polar surface area (TPSA) is 25.2 Å². The van der Waals surface area contributed by atoms with E-state index in [-0.39, 0.29) is 5.82 Å². The molecule has 0 aliphatic rings. The molecule has 0 aliphatic heterocycles. The SMILES string of the molecule is CCNCc1cccc(-c2cc3cc(F)ccc3o2)c1. The molecule has 1 N–H and O–H groups in total. The van der Waals surface area contributed by atoms with Gasteiger partial charge in [0.2, 0.25) is 0 Å². The maximum absolute atomic E-state index is 13.2. The summed E-state index contributed by atoms with van der Waals surface area (Å²) in [5, 5.41) is 4.09. The van der Waals surface area contributed by atoms with Crippen molar-refractivity contribution in [3.8, 4) is 11.3 Å². The van der Waals surface area contributed by atoms with Gasteiger partial charge in [-0.15, -0.1) is 0 Å². The average Bonchev–Trinajstić information content (AvgIpc) is 2.88. The van der Waals surface area contributed by atoms with Crippen LogP contribution >= 0.6 is 0 Å². The molecule has 0 atom stereocenters. The fourth-order valence-electron chi connectivity index (χ4n) is 2.26. The molecule has 1 heterocycles. The van der Waals surface area contributed by atoms with Gasteiger partial charge < -0.3 is 9.73 Å². The molecule has 2 nitrogen and oxygen atoms in total. The van der Waals surface area contributed by atoms with Gasteiger partial charge in [-0.25, -0.2) is 4.39 Å². The summed E-state index contributed by atoms with van der Waals surface area (Å²) in [4.78, 5) is 0. The van der Waals surface area contributed by atoms with Crippen LogP contribution in [0, 0.1) is 5.82 Å². The lowest BCUT2D eigenvalue weighted by Gasteiger charge is -2.03. The average molecular weight is 269 g/mol. The Morgan fingerprint density at radius 3 is 2.85 bits per heavy atom. The second-order valence-electron chi connectivity index (χ2n) is 4.77. The van der Waals surface area contributed by atoms with Crippen LogP contribution in [-0.2, 0) is 6.54 Å². The Morgan fingerprint density at radius 1 is 1.10 bits per heavy atom. The number of hydrogen-bond acceptors (Lipinski definition) is 2. The molecule has 2 aromatic carbocycles. The summed E-state index contributed by atoms with van der Waals surface area (Å²) in [6, 6.07) is 14.6. The van der Waals surface area contributed by atoms with Crippen molar-refractivity contribution in [3.05, 3.63) is 59.9 Å². The molecule has 0 bridgehead atoms. The minimum Gasteiger partial charge on any atom is -0.456 e. The molecule has 102 valence electrons. The maximum Gasteiger partial charge on any atom is 0.135 e. The summed E-state index contributed by atoms with van der Waals surface area (Å²) in [6.45, 7) is 3.85. The Labute approximate surface area is 117 Å². The van der Waals surface area contributed by atoms with E-state index in [1.54, 1.807) is 6.07 Å². The summed E-state index contributed by atoms with van der Waals surface area (Å²) in [6.07, 6.45) is 0. The standard InChI is InChI=1S/C17H16FNO/c1-2-19-11-12-4-3-5-13(8-12)17-10-14-9-15(18)6-7-16(14)20-17/h3-10,19H,2,11H2,1H3. The lowest BCUT2D eigenvalue weighted by atomic mass is 10.1. The Hall–Kier alpha value is -2.13. The largest absolute Gasteiger partial charge is 0.456 e. The first kappa shape index (κ1) is 12.9. The highest BCUT2D eigenvalue weighted by Gasteiger charge is 2.07. The van der Waals surface area contributed by atoms with E-state index < -0.39 is 0 Å². The molecule has 0 aliphatic carbocycles. The van der Waals surface area contributed by atoms with Crippen LogP contribution in [0.15, 0.2) is 52.9 Å². The minimum atomic E-state index is -0.245. The second-order valence-corrected chi connectivity index (χ2v) is 4.77. The third-order valence-corrected chi connectivity index (χ3v) is 3.27. The fourth-order valence-corrected chi connectivity index (χ4v) is 2.26. The third kappa shape index (κ3) is 2.58. The van der Waals surface area contributed by atoms with Gasteiger partial charge in [-0.1, -0.05) is 25.1 Å². The van der Waals surface area contributed by atoms with E-state index in [1.807, 2.05) is 18.2 Å². The van der Waals surface area contributed by atoms with Crippen molar-refractivity contribution in [2.45, 2.75) is 13.5 Å². The molecule has 0 spiro atoms. The monoisotopic (exact) mass is 269 g/mol. The Balaban J connectivity index is 1.97. The second kappa shape index (κ2) is 5.47. The molecule has 0 saturated heterocycles. The van der Waals surface area contributed by atoms with Crippen molar-refractivity contribution in [3.63, 3.8) is 0 Å². The molecule has 0 amide bonds. The van der Waals surface area contributed by atoms with Gasteiger partial charge in [0.15, 0.2) is 0 Å². The van der Waals surface area contributed by atoms with Gasteiger partial charge in [0.25, 0.3) is 0 Å². The molecular weight excluding hydrogens is 253 g/mol. The molecule has 0 fully saturated rings. The first-order valence-electron chi connectivity index (χ1n) is 6.75. The number of benzene rings is 2. The van der Waals surface area contributed by atoms with Gasteiger partial charge in [0.1, 0.15) is 17.2 Å². The summed E-state index contributed by atoms with van der Waals surface area (Å²) in [5.41, 5.74) is 2.92. The van der Waals surface area contributed by atoms with Crippen molar-refractivity contribution in [1.82, 2.24) is 5.32 Å². The maximum atomic E-state index is 13.2. The van der Waals surface area contributed by atoms with Gasteiger partial charge >= 0.3 is 0 Å². The first-order valence-corrected chi connectivity index (χ1v) is 6.75. The van der Waals surface area contributed by atoms with E-state index >= 15 is 0 Å². The summed E-state index contributed by atoms with van der Waals surface area (Å²) >= 11 is 0. The zero-order valence-electron chi connectivity index (χ0n) is 11.3. The number of hydrogen-bond donors (Lipinski definition) is 1.